The molecule has 1 unspecified atom stereocenters. The van der Waals surface area contributed by atoms with Gasteiger partial charge in [0.1, 0.15) is 5.75 Å². The molecule has 116 valence electrons. The molecular formula is C15H20F2N2O2. The molecule has 0 radical (unpaired) electrons. The van der Waals surface area contributed by atoms with Gasteiger partial charge in [0.05, 0.1) is 0 Å². The van der Waals surface area contributed by atoms with Crippen LogP contribution in [0.4, 0.5) is 14.5 Å². The molecule has 2 rings (SSSR count). The first-order valence-corrected chi connectivity index (χ1v) is 7.21. The standard InChI is InChI=1S/C15H20F2N2O2/c16-15(17)21-13-6-3-5-12(10-13)19-14(20)8-7-11-4-1-2-9-18-11/h3,5-6,10-11,15,18H,1-2,4,7-9H2,(H,19,20). The quantitative estimate of drug-likeness (QED) is 0.848. The number of rotatable bonds is 6. The summed E-state index contributed by atoms with van der Waals surface area (Å²) in [6, 6.07) is 6.43. The maximum Gasteiger partial charge on any atom is 0.387 e. The molecular weight excluding hydrogens is 278 g/mol. The number of halogens is 2. The molecule has 0 bridgehead atoms. The first-order valence-electron chi connectivity index (χ1n) is 7.21. The van der Waals surface area contributed by atoms with Crippen LogP contribution in [0, 0.1) is 0 Å². The van der Waals surface area contributed by atoms with Crippen molar-refractivity contribution >= 4 is 11.6 Å². The summed E-state index contributed by atoms with van der Waals surface area (Å²) in [5.74, 6) is -0.0756. The van der Waals surface area contributed by atoms with E-state index in [9.17, 15) is 13.6 Å². The second-order valence-electron chi connectivity index (χ2n) is 5.14. The summed E-state index contributed by atoms with van der Waals surface area (Å²) in [4.78, 5) is 11.9. The van der Waals surface area contributed by atoms with E-state index in [1.807, 2.05) is 0 Å². The number of carbonyl (C=O) groups excluding carboxylic acids is 1. The van der Waals surface area contributed by atoms with Gasteiger partial charge >= 0.3 is 6.61 Å². The van der Waals surface area contributed by atoms with Crippen LogP contribution < -0.4 is 15.4 Å². The highest BCUT2D eigenvalue weighted by Crippen LogP contribution is 2.20. The highest BCUT2D eigenvalue weighted by Gasteiger charge is 2.14. The van der Waals surface area contributed by atoms with Gasteiger partial charge in [-0.1, -0.05) is 12.5 Å². The van der Waals surface area contributed by atoms with Gasteiger partial charge < -0.3 is 15.4 Å². The van der Waals surface area contributed by atoms with Crippen LogP contribution in [0.15, 0.2) is 24.3 Å². The Morgan fingerprint density at radius 2 is 2.29 bits per heavy atom. The Balaban J connectivity index is 1.78. The van der Waals surface area contributed by atoms with Crippen LogP contribution in [0.1, 0.15) is 32.1 Å². The molecule has 0 aliphatic carbocycles. The molecule has 1 heterocycles. The lowest BCUT2D eigenvalue weighted by atomic mass is 10.0. The highest BCUT2D eigenvalue weighted by molar-refractivity contribution is 5.90. The number of benzene rings is 1. The van der Waals surface area contributed by atoms with Crippen molar-refractivity contribution in [3.8, 4) is 5.75 Å². The predicted octanol–water partition coefficient (Wildman–Crippen LogP) is 3.15. The van der Waals surface area contributed by atoms with Crippen molar-refractivity contribution in [2.45, 2.75) is 44.8 Å². The van der Waals surface area contributed by atoms with E-state index in [0.29, 0.717) is 18.2 Å². The third-order valence-electron chi connectivity index (χ3n) is 3.48. The first-order chi connectivity index (χ1) is 10.1. The average molecular weight is 298 g/mol. The van der Waals surface area contributed by atoms with Crippen LogP contribution in [0.25, 0.3) is 0 Å². The van der Waals surface area contributed by atoms with Gasteiger partial charge in [-0.05, 0) is 37.9 Å². The predicted molar refractivity (Wildman–Crippen MR) is 76.6 cm³/mol. The van der Waals surface area contributed by atoms with E-state index in [4.69, 9.17) is 0 Å². The fourth-order valence-corrected chi connectivity index (χ4v) is 2.45. The fourth-order valence-electron chi connectivity index (χ4n) is 2.45. The van der Waals surface area contributed by atoms with E-state index in [1.54, 1.807) is 12.1 Å². The lowest BCUT2D eigenvalue weighted by molar-refractivity contribution is -0.116. The first kappa shape index (κ1) is 15.7. The Kier molecular flexibility index (Phi) is 5.92. The lowest BCUT2D eigenvalue weighted by Gasteiger charge is -2.23. The maximum atomic E-state index is 12.1. The molecule has 1 fully saturated rings. The van der Waals surface area contributed by atoms with E-state index in [-0.39, 0.29) is 11.7 Å². The zero-order valence-electron chi connectivity index (χ0n) is 11.8. The number of hydrogen-bond acceptors (Lipinski definition) is 3. The summed E-state index contributed by atoms with van der Waals surface area (Å²) in [5, 5.41) is 6.09. The molecule has 4 nitrogen and oxygen atoms in total. The second kappa shape index (κ2) is 7.93. The van der Waals surface area contributed by atoms with Crippen LogP contribution in [-0.4, -0.2) is 25.1 Å². The second-order valence-corrected chi connectivity index (χ2v) is 5.14. The summed E-state index contributed by atoms with van der Waals surface area (Å²) >= 11 is 0. The number of anilines is 1. The van der Waals surface area contributed by atoms with Gasteiger partial charge in [0, 0.05) is 24.2 Å². The summed E-state index contributed by atoms with van der Waals surface area (Å²) in [6.45, 7) is -1.85. The Hall–Kier alpha value is -1.69. The Morgan fingerprint density at radius 1 is 1.43 bits per heavy atom. The molecule has 1 aliphatic heterocycles. The molecule has 0 saturated carbocycles. The van der Waals surface area contributed by atoms with Gasteiger partial charge in [0.25, 0.3) is 0 Å². The normalized spacial score (nSPS) is 18.5. The average Bonchev–Trinajstić information content (AvgIpc) is 2.46. The van der Waals surface area contributed by atoms with Crippen molar-refractivity contribution in [3.63, 3.8) is 0 Å². The van der Waals surface area contributed by atoms with Crippen molar-refractivity contribution in [1.29, 1.82) is 0 Å². The maximum absolute atomic E-state index is 12.1. The van der Waals surface area contributed by atoms with Crippen molar-refractivity contribution in [1.82, 2.24) is 5.32 Å². The Morgan fingerprint density at radius 3 is 3.00 bits per heavy atom. The third kappa shape index (κ3) is 5.67. The molecule has 1 amide bonds. The fraction of sp³-hybridized carbons (Fsp3) is 0.533. The van der Waals surface area contributed by atoms with E-state index < -0.39 is 6.61 Å². The number of piperidine rings is 1. The summed E-state index contributed by atoms with van der Waals surface area (Å²) in [7, 11) is 0. The molecule has 1 aliphatic rings. The van der Waals surface area contributed by atoms with Crippen LogP contribution in [0.3, 0.4) is 0 Å². The van der Waals surface area contributed by atoms with Gasteiger partial charge in [0.2, 0.25) is 5.91 Å². The smallest absolute Gasteiger partial charge is 0.387 e. The number of carbonyl (C=O) groups is 1. The zero-order chi connectivity index (χ0) is 15.1. The minimum absolute atomic E-state index is 0.0387. The molecule has 0 spiro atoms. The number of alkyl halides is 2. The molecule has 1 saturated heterocycles. The number of amides is 1. The van der Waals surface area contributed by atoms with Crippen molar-refractivity contribution < 1.29 is 18.3 Å². The van der Waals surface area contributed by atoms with Gasteiger partial charge in [-0.25, -0.2) is 0 Å². The molecule has 1 atom stereocenters. The van der Waals surface area contributed by atoms with E-state index in [0.717, 1.165) is 19.4 Å². The number of ether oxygens (including phenoxy) is 1. The minimum Gasteiger partial charge on any atom is -0.435 e. The summed E-state index contributed by atoms with van der Waals surface area (Å²) in [5.41, 5.74) is 0.467. The number of hydrogen-bond donors (Lipinski definition) is 2. The van der Waals surface area contributed by atoms with Crippen LogP contribution in [0.2, 0.25) is 0 Å². The minimum atomic E-state index is -2.87. The summed E-state index contributed by atoms with van der Waals surface area (Å²) in [6.07, 6.45) is 4.70. The van der Waals surface area contributed by atoms with Gasteiger partial charge in [-0.15, -0.1) is 0 Å². The largest absolute Gasteiger partial charge is 0.435 e. The van der Waals surface area contributed by atoms with E-state index in [1.165, 1.54) is 25.0 Å². The molecule has 2 N–H and O–H groups in total. The third-order valence-corrected chi connectivity index (χ3v) is 3.48. The molecule has 1 aromatic carbocycles. The van der Waals surface area contributed by atoms with E-state index in [2.05, 4.69) is 15.4 Å². The highest BCUT2D eigenvalue weighted by atomic mass is 19.3. The van der Waals surface area contributed by atoms with Crippen LogP contribution in [-0.2, 0) is 4.79 Å². The molecule has 1 aromatic rings. The monoisotopic (exact) mass is 298 g/mol. The van der Waals surface area contributed by atoms with Gasteiger partial charge in [-0.3, -0.25) is 4.79 Å². The van der Waals surface area contributed by atoms with Crippen LogP contribution in [0.5, 0.6) is 5.75 Å². The van der Waals surface area contributed by atoms with Crippen molar-refractivity contribution in [3.05, 3.63) is 24.3 Å². The SMILES string of the molecule is O=C(CCC1CCCCN1)Nc1cccc(OC(F)F)c1. The number of nitrogens with one attached hydrogen (secondary N) is 2. The van der Waals surface area contributed by atoms with Crippen molar-refractivity contribution in [2.75, 3.05) is 11.9 Å². The topological polar surface area (TPSA) is 50.4 Å². The van der Waals surface area contributed by atoms with E-state index >= 15 is 0 Å². The molecule has 21 heavy (non-hydrogen) atoms. The van der Waals surface area contributed by atoms with Crippen molar-refractivity contribution in [2.24, 2.45) is 0 Å². The molecule has 6 heteroatoms. The van der Waals surface area contributed by atoms with Gasteiger partial charge in [0.15, 0.2) is 0 Å². The Labute approximate surface area is 122 Å². The van der Waals surface area contributed by atoms with Crippen LogP contribution >= 0.6 is 0 Å². The molecule has 0 aromatic heterocycles. The summed E-state index contributed by atoms with van der Waals surface area (Å²) < 4.78 is 28.5. The zero-order valence-corrected chi connectivity index (χ0v) is 11.8. The Bertz CT molecular complexity index is 463. The lowest BCUT2D eigenvalue weighted by Crippen LogP contribution is -2.34. The van der Waals surface area contributed by atoms with Gasteiger partial charge in [-0.2, -0.15) is 8.78 Å².